The van der Waals surface area contributed by atoms with Gasteiger partial charge in [0.15, 0.2) is 0 Å². The number of carbonyl (C=O) groups excluding carboxylic acids is 1. The van der Waals surface area contributed by atoms with Gasteiger partial charge >= 0.3 is 5.97 Å². The van der Waals surface area contributed by atoms with Crippen molar-refractivity contribution in [3.63, 3.8) is 0 Å². The molecule has 1 atom stereocenters. The van der Waals surface area contributed by atoms with Gasteiger partial charge in [-0.2, -0.15) is 5.10 Å². The zero-order chi connectivity index (χ0) is 20.1. The van der Waals surface area contributed by atoms with Crippen molar-refractivity contribution in [2.45, 2.75) is 19.4 Å². The summed E-state index contributed by atoms with van der Waals surface area (Å²) in [6.07, 6.45) is 0.388. The van der Waals surface area contributed by atoms with Crippen molar-refractivity contribution in [3.05, 3.63) is 92.9 Å². The smallest absolute Gasteiger partial charge is 0.310 e. The third kappa shape index (κ3) is 4.65. The third-order valence-corrected chi connectivity index (χ3v) is 4.36. The highest BCUT2D eigenvalue weighted by Gasteiger charge is 2.18. The number of nitrogens with zero attached hydrogens (tertiary/aromatic N) is 2. The number of esters is 1. The number of hydrogen-bond donors (Lipinski definition) is 1. The molecule has 0 saturated heterocycles. The zero-order valence-corrected chi connectivity index (χ0v) is 16.0. The van der Waals surface area contributed by atoms with Crippen molar-refractivity contribution >= 4 is 17.6 Å². The van der Waals surface area contributed by atoms with Crippen LogP contribution in [0.4, 0.5) is 0 Å². The topological polar surface area (TPSA) is 81.4 Å². The number of hydrogen-bond acceptors (Lipinski definition) is 5. The Morgan fingerprint density at radius 3 is 2.68 bits per heavy atom. The summed E-state index contributed by atoms with van der Waals surface area (Å²) >= 11 is 5.90. The van der Waals surface area contributed by atoms with Crippen molar-refractivity contribution in [2.75, 3.05) is 6.61 Å². The number of halogens is 1. The summed E-state index contributed by atoms with van der Waals surface area (Å²) in [5.74, 6) is -0.350. The van der Waals surface area contributed by atoms with Crippen LogP contribution in [0, 0.1) is 0 Å². The molecular weight excluding hydrogens is 380 g/mol. The Hall–Kier alpha value is -2.96. The van der Waals surface area contributed by atoms with Gasteiger partial charge in [0, 0.05) is 17.3 Å². The Labute approximate surface area is 167 Å². The molecule has 1 N–H and O–H groups in total. The molecule has 144 valence electrons. The molecule has 3 rings (SSSR count). The van der Waals surface area contributed by atoms with E-state index in [-0.39, 0.29) is 23.5 Å². The Bertz CT molecular complexity index is 1030. The summed E-state index contributed by atoms with van der Waals surface area (Å²) < 4.78 is 6.45. The average molecular weight is 399 g/mol. The minimum Gasteiger partial charge on any atom is -0.466 e. The first-order valence-electron chi connectivity index (χ1n) is 8.76. The van der Waals surface area contributed by atoms with Crippen molar-refractivity contribution in [3.8, 4) is 5.69 Å². The van der Waals surface area contributed by atoms with Crippen LogP contribution in [0.15, 0.2) is 65.6 Å². The van der Waals surface area contributed by atoms with E-state index in [0.29, 0.717) is 28.4 Å². The summed E-state index contributed by atoms with van der Waals surface area (Å²) in [4.78, 5) is 24.0. The highest BCUT2D eigenvalue weighted by atomic mass is 35.5. The van der Waals surface area contributed by atoms with Crippen LogP contribution in [0.5, 0.6) is 0 Å². The SMILES string of the molecule is CCOC(=O)Cc1cccc(C(O)c2nn(-c3ccc(Cl)cc3)ccc2=O)c1. The van der Waals surface area contributed by atoms with Gasteiger partial charge in [-0.3, -0.25) is 9.59 Å². The predicted octanol–water partition coefficient (Wildman–Crippen LogP) is 3.07. The second-order valence-electron chi connectivity index (χ2n) is 6.12. The molecule has 28 heavy (non-hydrogen) atoms. The molecule has 0 fully saturated rings. The quantitative estimate of drug-likeness (QED) is 0.645. The fourth-order valence-electron chi connectivity index (χ4n) is 2.76. The first kappa shape index (κ1) is 19.8. The van der Waals surface area contributed by atoms with Gasteiger partial charge in [0.25, 0.3) is 0 Å². The van der Waals surface area contributed by atoms with Gasteiger partial charge in [-0.1, -0.05) is 35.9 Å². The van der Waals surface area contributed by atoms with E-state index >= 15 is 0 Å². The molecule has 1 unspecified atom stereocenters. The van der Waals surface area contributed by atoms with Crippen LogP contribution in [-0.2, 0) is 16.0 Å². The van der Waals surface area contributed by atoms with Crippen LogP contribution in [0.3, 0.4) is 0 Å². The summed E-state index contributed by atoms with van der Waals surface area (Å²) in [5.41, 5.74) is 1.47. The van der Waals surface area contributed by atoms with Crippen LogP contribution in [-0.4, -0.2) is 27.5 Å². The van der Waals surface area contributed by atoms with Crippen LogP contribution in [0.1, 0.15) is 29.8 Å². The van der Waals surface area contributed by atoms with E-state index in [1.165, 1.54) is 16.9 Å². The van der Waals surface area contributed by atoms with Crippen LogP contribution in [0.2, 0.25) is 5.02 Å². The van der Waals surface area contributed by atoms with E-state index in [1.54, 1.807) is 55.5 Å². The lowest BCUT2D eigenvalue weighted by Gasteiger charge is -2.13. The first-order valence-corrected chi connectivity index (χ1v) is 9.14. The Kier molecular flexibility index (Phi) is 6.23. The number of rotatable bonds is 6. The van der Waals surface area contributed by atoms with E-state index in [0.717, 1.165) is 0 Å². The summed E-state index contributed by atoms with van der Waals surface area (Å²) in [6, 6.07) is 15.1. The molecule has 3 aromatic rings. The van der Waals surface area contributed by atoms with E-state index in [4.69, 9.17) is 16.3 Å². The lowest BCUT2D eigenvalue weighted by atomic mass is 10.0. The monoisotopic (exact) mass is 398 g/mol. The van der Waals surface area contributed by atoms with Gasteiger partial charge in [0.2, 0.25) is 5.43 Å². The number of aromatic nitrogens is 2. The number of carbonyl (C=O) groups is 1. The predicted molar refractivity (Wildman–Crippen MR) is 106 cm³/mol. The zero-order valence-electron chi connectivity index (χ0n) is 15.2. The summed E-state index contributed by atoms with van der Waals surface area (Å²) in [7, 11) is 0. The first-order chi connectivity index (χ1) is 13.5. The van der Waals surface area contributed by atoms with Gasteiger partial charge < -0.3 is 9.84 Å². The molecule has 0 amide bonds. The van der Waals surface area contributed by atoms with Crippen LogP contribution < -0.4 is 5.43 Å². The molecular formula is C21H19ClN2O4. The fourth-order valence-corrected chi connectivity index (χ4v) is 2.89. The third-order valence-electron chi connectivity index (χ3n) is 4.11. The molecule has 1 heterocycles. The lowest BCUT2D eigenvalue weighted by Crippen LogP contribution is -2.20. The molecule has 0 radical (unpaired) electrons. The maximum atomic E-state index is 12.3. The Morgan fingerprint density at radius 1 is 1.21 bits per heavy atom. The Balaban J connectivity index is 1.91. The van der Waals surface area contributed by atoms with Crippen molar-refractivity contribution < 1.29 is 14.6 Å². The highest BCUT2D eigenvalue weighted by molar-refractivity contribution is 6.30. The van der Waals surface area contributed by atoms with E-state index in [2.05, 4.69) is 5.10 Å². The lowest BCUT2D eigenvalue weighted by molar-refractivity contribution is -0.142. The average Bonchev–Trinajstić information content (AvgIpc) is 2.69. The number of aliphatic hydroxyl groups is 1. The summed E-state index contributed by atoms with van der Waals surface area (Å²) in [5, 5.41) is 15.6. The van der Waals surface area contributed by atoms with Crippen molar-refractivity contribution in [1.82, 2.24) is 9.78 Å². The highest BCUT2D eigenvalue weighted by Crippen LogP contribution is 2.20. The molecule has 7 heteroatoms. The standard InChI is InChI=1S/C21H19ClN2O4/c1-2-28-19(26)13-14-4-3-5-15(12-14)21(27)20-18(25)10-11-24(23-20)17-8-6-16(22)7-9-17/h3-12,21,27H,2,13H2,1H3. The molecule has 6 nitrogen and oxygen atoms in total. The normalized spacial score (nSPS) is 11.8. The van der Waals surface area contributed by atoms with Gasteiger partial charge in [0.05, 0.1) is 18.7 Å². The Morgan fingerprint density at radius 2 is 1.96 bits per heavy atom. The fraction of sp³-hybridized carbons (Fsp3) is 0.190. The minimum absolute atomic E-state index is 0.00858. The van der Waals surface area contributed by atoms with Gasteiger partial charge in [-0.05, 0) is 42.3 Å². The number of benzene rings is 2. The van der Waals surface area contributed by atoms with E-state index < -0.39 is 6.10 Å². The maximum Gasteiger partial charge on any atom is 0.310 e. The number of ether oxygens (including phenoxy) is 1. The maximum absolute atomic E-state index is 12.3. The van der Waals surface area contributed by atoms with Crippen molar-refractivity contribution in [1.29, 1.82) is 0 Å². The van der Waals surface area contributed by atoms with Crippen molar-refractivity contribution in [2.24, 2.45) is 0 Å². The second-order valence-corrected chi connectivity index (χ2v) is 6.55. The molecule has 0 saturated carbocycles. The van der Waals surface area contributed by atoms with Gasteiger partial charge in [-0.15, -0.1) is 0 Å². The molecule has 0 spiro atoms. The molecule has 0 bridgehead atoms. The number of aliphatic hydroxyl groups excluding tert-OH is 1. The van der Waals surface area contributed by atoms with Gasteiger partial charge in [0.1, 0.15) is 11.8 Å². The van der Waals surface area contributed by atoms with Crippen LogP contribution in [0.25, 0.3) is 5.69 Å². The molecule has 0 aliphatic carbocycles. The van der Waals surface area contributed by atoms with Crippen LogP contribution >= 0.6 is 11.6 Å². The molecule has 2 aromatic carbocycles. The molecule has 0 aliphatic heterocycles. The summed E-state index contributed by atoms with van der Waals surface area (Å²) in [6.45, 7) is 2.05. The molecule has 1 aromatic heterocycles. The molecule has 0 aliphatic rings. The van der Waals surface area contributed by atoms with E-state index in [1.807, 2.05) is 0 Å². The largest absolute Gasteiger partial charge is 0.466 e. The minimum atomic E-state index is -1.23. The second kappa shape index (κ2) is 8.82. The van der Waals surface area contributed by atoms with Gasteiger partial charge in [-0.25, -0.2) is 4.68 Å². The van der Waals surface area contributed by atoms with E-state index in [9.17, 15) is 14.7 Å².